The lowest BCUT2D eigenvalue weighted by atomic mass is 10.0. The first-order valence-corrected chi connectivity index (χ1v) is 23.2. The monoisotopic (exact) mass is 977 g/mol. The van der Waals surface area contributed by atoms with E-state index in [9.17, 15) is 19.2 Å². The number of ether oxygens (including phenoxy) is 11. The maximum absolute atomic E-state index is 13.6. The van der Waals surface area contributed by atoms with Crippen molar-refractivity contribution in [1.82, 2.24) is 10.4 Å². The van der Waals surface area contributed by atoms with Crippen LogP contribution in [0.1, 0.15) is 42.1 Å². The van der Waals surface area contributed by atoms with Crippen LogP contribution in [0.3, 0.4) is 0 Å². The third kappa shape index (κ3) is 28.9. The molecule has 0 bridgehead atoms. The second-order valence-corrected chi connectivity index (χ2v) is 14.6. The molecule has 0 aliphatic carbocycles. The summed E-state index contributed by atoms with van der Waals surface area (Å²) >= 11 is 0. The Morgan fingerprint density at radius 3 is 1.59 bits per heavy atom. The lowest BCUT2D eigenvalue weighted by Gasteiger charge is -2.22. The Bertz CT molecular complexity index is 1790. The van der Waals surface area contributed by atoms with Crippen molar-refractivity contribution in [2.24, 2.45) is 10.7 Å². The van der Waals surface area contributed by atoms with Gasteiger partial charge >= 0.3 is 12.1 Å². The van der Waals surface area contributed by atoms with Crippen LogP contribution in [0.25, 0.3) is 6.08 Å². The predicted molar refractivity (Wildman–Crippen MR) is 252 cm³/mol. The number of rotatable bonds is 42. The van der Waals surface area contributed by atoms with Crippen LogP contribution >= 0.6 is 0 Å². The van der Waals surface area contributed by atoms with Gasteiger partial charge < -0.3 is 73.6 Å². The topological polar surface area (TPSA) is 265 Å². The summed E-state index contributed by atoms with van der Waals surface area (Å²) < 4.78 is 59.3. The summed E-state index contributed by atoms with van der Waals surface area (Å²) in [4.78, 5) is 59.2. The van der Waals surface area contributed by atoms with Gasteiger partial charge in [-0.05, 0) is 36.8 Å². The molecule has 3 rings (SSSR count). The Kier molecular flexibility index (Phi) is 32.7. The maximum atomic E-state index is 13.6. The van der Waals surface area contributed by atoms with E-state index in [1.807, 2.05) is 25.1 Å². The highest BCUT2D eigenvalue weighted by Crippen LogP contribution is 2.29. The number of carbonyl (C=O) groups is 4. The Hall–Kier alpha value is -5.11. The zero-order chi connectivity index (χ0) is 49.4. The van der Waals surface area contributed by atoms with E-state index >= 15 is 0 Å². The Morgan fingerprint density at radius 2 is 1.12 bits per heavy atom. The van der Waals surface area contributed by atoms with Crippen molar-refractivity contribution in [2.75, 3.05) is 164 Å². The molecule has 0 fully saturated rings. The van der Waals surface area contributed by atoms with E-state index < -0.39 is 12.1 Å². The summed E-state index contributed by atoms with van der Waals surface area (Å²) in [5, 5.41) is 15.2. The molecule has 5 N–H and O–H groups in total. The molecular weight excluding hydrogens is 907 g/mol. The van der Waals surface area contributed by atoms with Gasteiger partial charge in [0.25, 0.3) is 11.8 Å². The van der Waals surface area contributed by atoms with Crippen LogP contribution < -0.4 is 16.4 Å². The Balaban J connectivity index is 1.07. The maximum Gasteiger partial charge on any atom is 0.407 e. The number of carboxylic acid groups (broad SMARTS) is 1. The summed E-state index contributed by atoms with van der Waals surface area (Å²) in [6.45, 7) is 10.3. The van der Waals surface area contributed by atoms with Crippen molar-refractivity contribution >= 4 is 47.2 Å². The number of hydroxylamine groups is 2. The minimum Gasteiger partial charge on any atom is -0.481 e. The number of fused-ring (bicyclic) bond motifs is 1. The average molecular weight is 978 g/mol. The van der Waals surface area contributed by atoms with Crippen LogP contribution in [0, 0.1) is 0 Å². The first kappa shape index (κ1) is 58.2. The number of aliphatic imine (C=N–C) groups is 1. The van der Waals surface area contributed by atoms with E-state index in [0.717, 1.165) is 0 Å². The number of anilines is 1. The zero-order valence-corrected chi connectivity index (χ0v) is 39.7. The van der Waals surface area contributed by atoms with E-state index in [1.54, 1.807) is 36.4 Å². The van der Waals surface area contributed by atoms with Crippen molar-refractivity contribution in [3.63, 3.8) is 0 Å². The van der Waals surface area contributed by atoms with Crippen molar-refractivity contribution in [2.45, 2.75) is 26.2 Å². The van der Waals surface area contributed by atoms with Crippen LogP contribution in [0.5, 0.6) is 0 Å². The van der Waals surface area contributed by atoms with Gasteiger partial charge in [0, 0.05) is 41.9 Å². The summed E-state index contributed by atoms with van der Waals surface area (Å²) in [5.74, 6) is -1.36. The Morgan fingerprint density at radius 1 is 0.638 bits per heavy atom. The van der Waals surface area contributed by atoms with E-state index in [0.29, 0.717) is 160 Å². The van der Waals surface area contributed by atoms with Crippen LogP contribution in [-0.4, -0.2) is 198 Å². The lowest BCUT2D eigenvalue weighted by molar-refractivity contribution is -0.181. The van der Waals surface area contributed by atoms with Gasteiger partial charge in [0.1, 0.15) is 12.4 Å². The number of hydrogen-bond acceptors (Lipinski definition) is 18. The average Bonchev–Trinajstić information content (AvgIpc) is 3.51. The largest absolute Gasteiger partial charge is 0.481 e. The van der Waals surface area contributed by atoms with Crippen molar-refractivity contribution in [1.29, 1.82) is 0 Å². The highest BCUT2D eigenvalue weighted by molar-refractivity contribution is 6.07. The molecule has 22 nitrogen and oxygen atoms in total. The molecule has 2 aromatic carbocycles. The number of para-hydroxylation sites is 1. The van der Waals surface area contributed by atoms with Gasteiger partial charge in [-0.15, -0.1) is 0 Å². The molecule has 3 amide bonds. The van der Waals surface area contributed by atoms with Crippen molar-refractivity contribution < 1.29 is 81.2 Å². The van der Waals surface area contributed by atoms with Crippen molar-refractivity contribution in [3.05, 3.63) is 65.2 Å². The van der Waals surface area contributed by atoms with E-state index in [-0.39, 0.29) is 63.5 Å². The number of nitrogens with one attached hydrogen (secondary N) is 2. The summed E-state index contributed by atoms with van der Waals surface area (Å²) in [6, 6.07) is 14.1. The number of carboxylic acids is 1. The van der Waals surface area contributed by atoms with E-state index in [4.69, 9.17) is 67.8 Å². The fourth-order valence-corrected chi connectivity index (χ4v) is 5.78. The molecule has 386 valence electrons. The summed E-state index contributed by atoms with van der Waals surface area (Å²) in [5.41, 5.74) is 8.73. The number of carbonyl (C=O) groups excluding carboxylic acids is 3. The molecule has 0 atom stereocenters. The molecule has 0 unspecified atom stereocenters. The van der Waals surface area contributed by atoms with Gasteiger partial charge in [-0.25, -0.2) is 14.9 Å². The molecule has 69 heavy (non-hydrogen) atoms. The standard InChI is InChI=1S/C47H71N5O17/c1-2-12-52(46(56)40-35-38-8-9-39(36-42(38)51-43(48)37-40)45(55)50-41-6-4-3-5-7-41)69-14-11-49-47(57)68-34-33-67-32-31-66-30-29-65-28-27-64-26-25-63-24-23-62-22-21-61-20-19-60-18-17-59-16-15-58-13-10-44(53)54/h3-9,35-36H,2,10-34,37H2,1H3,(H2,48,51)(H,49,57)(H,50,55)(H,53,54). The number of nitrogens with zero attached hydrogens (tertiary/aromatic N) is 2. The molecule has 1 heterocycles. The first-order chi connectivity index (χ1) is 33.8. The fraction of sp³-hybridized carbons (Fsp3) is 0.596. The minimum absolute atomic E-state index is 0.0160. The first-order valence-electron chi connectivity index (χ1n) is 23.2. The third-order valence-corrected chi connectivity index (χ3v) is 9.11. The number of benzene rings is 2. The van der Waals surface area contributed by atoms with Gasteiger partial charge in [-0.1, -0.05) is 31.2 Å². The van der Waals surface area contributed by atoms with Gasteiger partial charge in [0.15, 0.2) is 0 Å². The molecule has 0 saturated heterocycles. The van der Waals surface area contributed by atoms with E-state index in [1.165, 1.54) is 5.06 Å². The molecule has 0 radical (unpaired) electrons. The number of aliphatic carboxylic acids is 1. The van der Waals surface area contributed by atoms with Gasteiger partial charge in [-0.2, -0.15) is 0 Å². The van der Waals surface area contributed by atoms with Gasteiger partial charge in [0.2, 0.25) is 0 Å². The Labute approximate surface area is 403 Å². The van der Waals surface area contributed by atoms with E-state index in [2.05, 4.69) is 15.6 Å². The number of alkyl carbamates (subject to hydrolysis) is 1. The number of amides is 3. The van der Waals surface area contributed by atoms with Crippen LogP contribution in [0.2, 0.25) is 0 Å². The fourth-order valence-electron chi connectivity index (χ4n) is 5.78. The predicted octanol–water partition coefficient (Wildman–Crippen LogP) is 3.25. The molecule has 22 heteroatoms. The highest BCUT2D eigenvalue weighted by atomic mass is 16.7. The van der Waals surface area contributed by atoms with Gasteiger partial charge in [0.05, 0.1) is 151 Å². The van der Waals surface area contributed by atoms with Crippen LogP contribution in [0.15, 0.2) is 59.1 Å². The van der Waals surface area contributed by atoms with Crippen LogP contribution in [0.4, 0.5) is 16.2 Å². The molecule has 2 aromatic rings. The zero-order valence-electron chi connectivity index (χ0n) is 39.7. The number of hydrogen-bond donors (Lipinski definition) is 4. The molecular formula is C47H71N5O17. The highest BCUT2D eigenvalue weighted by Gasteiger charge is 2.23. The molecule has 0 aromatic heterocycles. The van der Waals surface area contributed by atoms with Crippen molar-refractivity contribution in [3.8, 4) is 0 Å². The SMILES string of the molecule is CCCN(OCCNC(=O)OCCOCCOCCOCCOCCOCCOCCOCCOCCOCCOCCC(=O)O)C(=O)C1=Cc2ccc(C(=O)Nc3ccccc3)cc2N=C(N)C1. The van der Waals surface area contributed by atoms with Gasteiger partial charge in [-0.3, -0.25) is 19.2 Å². The third-order valence-electron chi connectivity index (χ3n) is 9.11. The normalized spacial score (nSPS) is 12.1. The smallest absolute Gasteiger partial charge is 0.407 e. The quantitative estimate of drug-likeness (QED) is 0.0549. The number of amidine groups is 1. The minimum atomic E-state index is -0.887. The molecule has 0 saturated carbocycles. The molecule has 0 spiro atoms. The second-order valence-electron chi connectivity index (χ2n) is 14.6. The molecule has 1 aliphatic heterocycles. The number of nitrogens with two attached hydrogens (primary N) is 1. The molecule has 1 aliphatic rings. The summed E-state index contributed by atoms with van der Waals surface area (Å²) in [7, 11) is 0. The van der Waals surface area contributed by atoms with Crippen LogP contribution in [-0.2, 0) is 66.5 Å². The lowest BCUT2D eigenvalue weighted by Crippen LogP contribution is -2.37. The second kappa shape index (κ2) is 38.7. The summed E-state index contributed by atoms with van der Waals surface area (Å²) in [6.07, 6.45) is 1.74.